The zero-order chi connectivity index (χ0) is 23.5. The van der Waals surface area contributed by atoms with Crippen LogP contribution in [0.25, 0.3) is 0 Å². The Morgan fingerprint density at radius 3 is 2.41 bits per heavy atom. The van der Waals surface area contributed by atoms with E-state index < -0.39 is 0 Å². The van der Waals surface area contributed by atoms with Gasteiger partial charge in [0.2, 0.25) is 0 Å². The van der Waals surface area contributed by atoms with Crippen molar-refractivity contribution in [2.75, 3.05) is 32.7 Å². The van der Waals surface area contributed by atoms with Crippen LogP contribution >= 0.6 is 0 Å². The molecule has 1 aromatic carbocycles. The van der Waals surface area contributed by atoms with Crippen LogP contribution in [0.15, 0.2) is 47.6 Å². The summed E-state index contributed by atoms with van der Waals surface area (Å²) in [4.78, 5) is 20.8. The second-order valence-electron chi connectivity index (χ2n) is 11.0. The predicted octanol–water partition coefficient (Wildman–Crippen LogP) is 5.97. The van der Waals surface area contributed by atoms with Gasteiger partial charge in [0.1, 0.15) is 0 Å². The lowest BCUT2D eigenvalue weighted by Crippen LogP contribution is -2.42. The van der Waals surface area contributed by atoms with Crippen LogP contribution < -0.4 is 0 Å². The molecule has 0 spiro atoms. The van der Waals surface area contributed by atoms with Crippen molar-refractivity contribution in [3.8, 4) is 0 Å². The molecule has 3 unspecified atom stereocenters. The second kappa shape index (κ2) is 10.8. The van der Waals surface area contributed by atoms with Crippen molar-refractivity contribution >= 4 is 5.91 Å². The van der Waals surface area contributed by atoms with Gasteiger partial charge in [-0.2, -0.15) is 0 Å². The monoisotopic (exact) mass is 461 g/mol. The molecule has 3 saturated heterocycles. The number of fused-ring (bicyclic) bond motifs is 2. The molecule has 0 aromatic heterocycles. The maximum Gasteiger partial charge on any atom is 0.253 e. The van der Waals surface area contributed by atoms with Gasteiger partial charge in [-0.05, 0) is 88.2 Å². The molecule has 0 saturated carbocycles. The minimum atomic E-state index is 0.217. The summed E-state index contributed by atoms with van der Waals surface area (Å²) in [6, 6.07) is 10.4. The Morgan fingerprint density at radius 2 is 1.71 bits per heavy atom. The summed E-state index contributed by atoms with van der Waals surface area (Å²) in [5, 5.41) is 0. The molecular formula is C30H43N3O. The first-order valence-electron chi connectivity index (χ1n) is 13.9. The molecule has 1 aliphatic carbocycles. The standard InChI is InChI=1S/C30H43N3O/c1-3-31-20-17-27-15-16-28(22-31)33(27)29(26-10-8-9-23(2)21-26)24-11-13-25(14-12-24)30(34)32-18-6-4-5-7-19-32/h9,11-14,21,27-29H,3-8,10,15-20,22H2,1-2H3. The molecule has 3 heterocycles. The Labute approximate surface area is 206 Å². The van der Waals surface area contributed by atoms with E-state index in [0.29, 0.717) is 18.1 Å². The van der Waals surface area contributed by atoms with Crippen LogP contribution in [0.4, 0.5) is 0 Å². The van der Waals surface area contributed by atoms with E-state index in [9.17, 15) is 4.79 Å². The minimum Gasteiger partial charge on any atom is -0.339 e. The number of amides is 1. The smallest absolute Gasteiger partial charge is 0.253 e. The quantitative estimate of drug-likeness (QED) is 0.541. The fourth-order valence-corrected chi connectivity index (χ4v) is 6.84. The highest BCUT2D eigenvalue weighted by atomic mass is 16.2. The Balaban J connectivity index is 1.44. The molecule has 3 aliphatic heterocycles. The number of rotatable bonds is 5. The molecule has 0 radical (unpaired) electrons. The van der Waals surface area contributed by atoms with E-state index in [1.54, 1.807) is 5.57 Å². The zero-order valence-corrected chi connectivity index (χ0v) is 21.3. The lowest BCUT2D eigenvalue weighted by atomic mass is 9.87. The molecule has 184 valence electrons. The summed E-state index contributed by atoms with van der Waals surface area (Å²) in [6.07, 6.45) is 15.8. The van der Waals surface area contributed by atoms with Gasteiger partial charge in [0.05, 0.1) is 6.04 Å². The third-order valence-corrected chi connectivity index (χ3v) is 8.70. The summed E-state index contributed by atoms with van der Waals surface area (Å²) >= 11 is 0. The summed E-state index contributed by atoms with van der Waals surface area (Å²) in [7, 11) is 0. The van der Waals surface area contributed by atoms with Gasteiger partial charge in [-0.3, -0.25) is 9.69 Å². The molecule has 0 N–H and O–H groups in total. The number of likely N-dealkylation sites (N-methyl/N-ethyl adjacent to an activating group) is 1. The van der Waals surface area contributed by atoms with Gasteiger partial charge in [-0.1, -0.05) is 49.6 Å². The minimum absolute atomic E-state index is 0.217. The van der Waals surface area contributed by atoms with Gasteiger partial charge in [0.25, 0.3) is 5.91 Å². The number of benzene rings is 1. The normalized spacial score (nSPS) is 27.5. The molecule has 2 bridgehead atoms. The molecule has 1 amide bonds. The van der Waals surface area contributed by atoms with Crippen LogP contribution in [0, 0.1) is 0 Å². The largest absolute Gasteiger partial charge is 0.339 e. The molecule has 4 nitrogen and oxygen atoms in total. The van der Waals surface area contributed by atoms with E-state index in [1.165, 1.54) is 56.3 Å². The summed E-state index contributed by atoms with van der Waals surface area (Å²) < 4.78 is 0. The SMILES string of the molecule is CCN1CCC2CCC(C1)N2C(C1=CC(C)=CCC1)c1ccc(C(=O)N2CCCCCC2)cc1. The Hall–Kier alpha value is -1.91. The molecular weight excluding hydrogens is 418 g/mol. The third kappa shape index (κ3) is 5.04. The molecule has 1 aromatic rings. The lowest BCUT2D eigenvalue weighted by molar-refractivity contribution is 0.0761. The predicted molar refractivity (Wildman–Crippen MR) is 140 cm³/mol. The summed E-state index contributed by atoms with van der Waals surface area (Å²) in [5.74, 6) is 0.217. The summed E-state index contributed by atoms with van der Waals surface area (Å²) in [6.45, 7) is 9.94. The molecule has 3 fully saturated rings. The lowest BCUT2D eigenvalue weighted by Gasteiger charge is -2.39. The molecule has 34 heavy (non-hydrogen) atoms. The average molecular weight is 462 g/mol. The fraction of sp³-hybridized carbons (Fsp3) is 0.633. The van der Waals surface area contributed by atoms with Crippen molar-refractivity contribution in [1.29, 1.82) is 0 Å². The van der Waals surface area contributed by atoms with Gasteiger partial charge < -0.3 is 9.80 Å². The molecule has 4 aliphatic rings. The number of carbonyl (C=O) groups is 1. The van der Waals surface area contributed by atoms with Crippen molar-refractivity contribution < 1.29 is 4.79 Å². The van der Waals surface area contributed by atoms with Crippen molar-refractivity contribution in [3.63, 3.8) is 0 Å². The van der Waals surface area contributed by atoms with Crippen LogP contribution in [0.2, 0.25) is 0 Å². The second-order valence-corrected chi connectivity index (χ2v) is 11.0. The average Bonchev–Trinajstić information content (AvgIpc) is 3.00. The van der Waals surface area contributed by atoms with E-state index in [-0.39, 0.29) is 5.91 Å². The number of nitrogens with zero attached hydrogens (tertiary/aromatic N) is 3. The van der Waals surface area contributed by atoms with E-state index in [0.717, 1.165) is 50.9 Å². The Kier molecular flexibility index (Phi) is 7.55. The van der Waals surface area contributed by atoms with Crippen molar-refractivity contribution in [1.82, 2.24) is 14.7 Å². The zero-order valence-electron chi connectivity index (χ0n) is 21.3. The molecule has 4 heteroatoms. The first-order chi connectivity index (χ1) is 16.6. The van der Waals surface area contributed by atoms with E-state index in [2.05, 4.69) is 65.0 Å². The van der Waals surface area contributed by atoms with E-state index in [4.69, 9.17) is 0 Å². The number of hydrogen-bond donors (Lipinski definition) is 0. The highest BCUT2D eigenvalue weighted by Gasteiger charge is 2.42. The van der Waals surface area contributed by atoms with E-state index >= 15 is 0 Å². The van der Waals surface area contributed by atoms with Crippen LogP contribution in [0.5, 0.6) is 0 Å². The van der Waals surface area contributed by atoms with Crippen molar-refractivity contribution in [2.24, 2.45) is 0 Å². The van der Waals surface area contributed by atoms with Crippen LogP contribution in [-0.4, -0.2) is 65.4 Å². The van der Waals surface area contributed by atoms with Gasteiger partial charge in [-0.15, -0.1) is 0 Å². The number of likely N-dealkylation sites (tertiary alicyclic amines) is 2. The van der Waals surface area contributed by atoms with Crippen molar-refractivity contribution in [3.05, 3.63) is 58.7 Å². The first-order valence-corrected chi connectivity index (χ1v) is 13.9. The highest BCUT2D eigenvalue weighted by molar-refractivity contribution is 5.94. The Bertz CT molecular complexity index is 909. The van der Waals surface area contributed by atoms with Gasteiger partial charge >= 0.3 is 0 Å². The number of allylic oxidation sites excluding steroid dienone is 3. The fourth-order valence-electron chi connectivity index (χ4n) is 6.84. The van der Waals surface area contributed by atoms with Gasteiger partial charge in [-0.25, -0.2) is 0 Å². The van der Waals surface area contributed by atoms with E-state index in [1.807, 2.05) is 0 Å². The summed E-state index contributed by atoms with van der Waals surface area (Å²) in [5.41, 5.74) is 5.19. The molecule has 3 atom stereocenters. The Morgan fingerprint density at radius 1 is 0.971 bits per heavy atom. The first kappa shape index (κ1) is 23.8. The van der Waals surface area contributed by atoms with Gasteiger partial charge in [0, 0.05) is 37.3 Å². The maximum absolute atomic E-state index is 13.2. The number of carbonyl (C=O) groups excluding carboxylic acids is 1. The van der Waals surface area contributed by atoms with Crippen molar-refractivity contribution in [2.45, 2.75) is 89.8 Å². The van der Waals surface area contributed by atoms with Crippen LogP contribution in [0.3, 0.4) is 0 Å². The maximum atomic E-state index is 13.2. The topological polar surface area (TPSA) is 26.8 Å². The third-order valence-electron chi connectivity index (χ3n) is 8.70. The van der Waals surface area contributed by atoms with Gasteiger partial charge in [0.15, 0.2) is 0 Å². The highest BCUT2D eigenvalue weighted by Crippen LogP contribution is 2.43. The van der Waals surface area contributed by atoms with Crippen LogP contribution in [-0.2, 0) is 0 Å². The van der Waals surface area contributed by atoms with Crippen LogP contribution in [0.1, 0.15) is 93.6 Å². The molecule has 5 rings (SSSR count). The number of hydrogen-bond acceptors (Lipinski definition) is 3.